The second kappa shape index (κ2) is 15.6. The van der Waals surface area contributed by atoms with Crippen LogP contribution in [0.2, 0.25) is 0 Å². The fraction of sp³-hybridized carbons (Fsp3) is 0.429. The molecule has 0 saturated heterocycles. The van der Waals surface area contributed by atoms with Gasteiger partial charge < -0.3 is 40.6 Å². The van der Waals surface area contributed by atoms with Gasteiger partial charge in [0.15, 0.2) is 0 Å². The lowest BCUT2D eigenvalue weighted by atomic mass is 9.92. The molecule has 10 nitrogen and oxygen atoms in total. The van der Waals surface area contributed by atoms with Crippen molar-refractivity contribution in [1.82, 2.24) is 15.2 Å². The predicted molar refractivity (Wildman–Crippen MR) is 188 cm³/mol. The molecule has 0 aromatic heterocycles. The van der Waals surface area contributed by atoms with E-state index in [0.717, 1.165) is 94.2 Å². The fourth-order valence-electron chi connectivity index (χ4n) is 5.62. The number of hydrogen-bond donors (Lipinski definition) is 4. The lowest BCUT2D eigenvalue weighted by Gasteiger charge is -2.30. The second-order valence-electron chi connectivity index (χ2n) is 11.5. The highest BCUT2D eigenvalue weighted by molar-refractivity contribution is 6.05. The van der Waals surface area contributed by atoms with Crippen LogP contribution in [0.5, 0.6) is 5.75 Å². The number of nitrogens with one attached hydrogen (secondary N) is 3. The number of rotatable bonds is 15. The first-order chi connectivity index (χ1) is 21.7. The van der Waals surface area contributed by atoms with E-state index in [-0.39, 0.29) is 5.91 Å². The monoisotopic (exact) mass is 616 g/mol. The summed E-state index contributed by atoms with van der Waals surface area (Å²) in [6, 6.07) is 16.9. The van der Waals surface area contributed by atoms with Crippen LogP contribution in [0.15, 0.2) is 52.9 Å². The zero-order valence-electron chi connectivity index (χ0n) is 27.9. The molecule has 1 aliphatic carbocycles. The molecule has 2 aromatic carbocycles. The van der Waals surface area contributed by atoms with Gasteiger partial charge in [0.2, 0.25) is 11.3 Å². The Balaban J connectivity index is 1.75. The number of ether oxygens (including phenoxy) is 1. The third kappa shape index (κ3) is 7.87. The molecule has 0 radical (unpaired) electrons. The Hall–Kier alpha value is -4.28. The molecule has 0 bridgehead atoms. The van der Waals surface area contributed by atoms with Crippen LogP contribution in [0, 0.1) is 0 Å². The maximum Gasteiger partial charge on any atom is 0.220 e. The Kier molecular flexibility index (Phi) is 11.7. The van der Waals surface area contributed by atoms with Crippen LogP contribution in [0.4, 0.5) is 17.1 Å². The zero-order chi connectivity index (χ0) is 32.5. The van der Waals surface area contributed by atoms with E-state index in [1.165, 1.54) is 0 Å². The molecule has 45 heavy (non-hydrogen) atoms. The van der Waals surface area contributed by atoms with E-state index in [1.807, 2.05) is 27.2 Å². The zero-order valence-corrected chi connectivity index (χ0v) is 27.9. The quantitative estimate of drug-likeness (QED) is 0.0911. The number of nitrogens with zero attached hydrogens (tertiary/aromatic N) is 3. The largest absolute Gasteiger partial charge is 0.496 e. The summed E-state index contributed by atoms with van der Waals surface area (Å²) in [5, 5.41) is 11.5. The third-order valence-electron chi connectivity index (χ3n) is 8.06. The van der Waals surface area contributed by atoms with E-state index in [4.69, 9.17) is 14.9 Å². The van der Waals surface area contributed by atoms with Gasteiger partial charge in [-0.1, -0.05) is 0 Å². The van der Waals surface area contributed by atoms with E-state index in [2.05, 4.69) is 93.8 Å². The van der Waals surface area contributed by atoms with Gasteiger partial charge >= 0.3 is 0 Å². The van der Waals surface area contributed by atoms with Crippen molar-refractivity contribution in [1.29, 1.82) is 0 Å². The van der Waals surface area contributed by atoms with Crippen molar-refractivity contribution in [2.75, 3.05) is 96.7 Å². The topological polar surface area (TPSA) is 111 Å². The van der Waals surface area contributed by atoms with Gasteiger partial charge in [-0.25, -0.2) is 4.58 Å². The summed E-state index contributed by atoms with van der Waals surface area (Å²) < 4.78 is 14.7. The number of carbonyl (C=O) groups is 1. The molecule has 10 heteroatoms. The number of methoxy groups -OCH3 is 1. The van der Waals surface area contributed by atoms with E-state index in [9.17, 15) is 4.79 Å². The molecule has 1 aliphatic heterocycles. The average Bonchev–Trinajstić information content (AvgIpc) is 3.04. The molecule has 0 unspecified atom stereocenters. The van der Waals surface area contributed by atoms with Gasteiger partial charge in [0.1, 0.15) is 31.2 Å². The summed E-state index contributed by atoms with van der Waals surface area (Å²) in [4.78, 5) is 16.9. The van der Waals surface area contributed by atoms with Gasteiger partial charge in [-0.2, -0.15) is 0 Å². The predicted octanol–water partition coefficient (Wildman–Crippen LogP) is 3.62. The highest BCUT2D eigenvalue weighted by Crippen LogP contribution is 2.47. The number of hydrogen-bond acceptors (Lipinski definition) is 8. The average molecular weight is 617 g/mol. The van der Waals surface area contributed by atoms with Crippen molar-refractivity contribution < 1.29 is 13.9 Å². The lowest BCUT2D eigenvalue weighted by molar-refractivity contribution is -0.121. The number of anilines is 3. The molecule has 242 valence electrons. The Morgan fingerprint density at radius 1 is 1.00 bits per heavy atom. The van der Waals surface area contributed by atoms with Gasteiger partial charge in [-0.3, -0.25) is 4.79 Å². The summed E-state index contributed by atoms with van der Waals surface area (Å²) in [5.74, 6) is 1.64. The fourth-order valence-corrected chi connectivity index (χ4v) is 5.62. The minimum Gasteiger partial charge on any atom is -0.496 e. The van der Waals surface area contributed by atoms with E-state index in [0.29, 0.717) is 19.5 Å². The smallest absolute Gasteiger partial charge is 0.220 e. The third-order valence-corrected chi connectivity index (χ3v) is 8.06. The highest BCUT2D eigenvalue weighted by atomic mass is 16.5. The Morgan fingerprint density at radius 3 is 2.47 bits per heavy atom. The molecule has 1 amide bonds. The van der Waals surface area contributed by atoms with Crippen LogP contribution in [0.1, 0.15) is 19.8 Å². The Bertz CT molecular complexity index is 1640. The number of benzene rings is 3. The first kappa shape index (κ1) is 33.6. The van der Waals surface area contributed by atoms with Crippen LogP contribution in [-0.4, -0.2) is 87.5 Å². The molecule has 0 fully saturated rings. The highest BCUT2D eigenvalue weighted by Gasteiger charge is 2.24. The minimum absolute atomic E-state index is 0.0634. The minimum atomic E-state index is 0.0634. The second-order valence-corrected chi connectivity index (χ2v) is 11.5. The molecule has 0 spiro atoms. The number of nitrogens with two attached hydrogens (primary N) is 1. The number of amides is 1. The Labute approximate surface area is 267 Å². The van der Waals surface area contributed by atoms with E-state index >= 15 is 0 Å². The van der Waals surface area contributed by atoms with Crippen LogP contribution in [0.25, 0.3) is 33.4 Å². The lowest BCUT2D eigenvalue weighted by Crippen LogP contribution is -2.34. The van der Waals surface area contributed by atoms with Gasteiger partial charge in [-0.05, 0) is 37.6 Å². The summed E-state index contributed by atoms with van der Waals surface area (Å²) in [6.07, 6.45) is 1.21. The van der Waals surface area contributed by atoms with E-state index in [1.54, 1.807) is 7.11 Å². The van der Waals surface area contributed by atoms with Crippen molar-refractivity contribution in [2.45, 2.75) is 19.8 Å². The van der Waals surface area contributed by atoms with Crippen LogP contribution >= 0.6 is 0 Å². The molecule has 0 saturated carbocycles. The van der Waals surface area contributed by atoms with Gasteiger partial charge in [-0.15, -0.1) is 0 Å². The normalized spacial score (nSPS) is 11.1. The van der Waals surface area contributed by atoms with Crippen molar-refractivity contribution in [3.05, 3.63) is 53.9 Å². The maximum absolute atomic E-state index is 12.4. The van der Waals surface area contributed by atoms with Crippen LogP contribution in [0.3, 0.4) is 0 Å². The van der Waals surface area contributed by atoms with Gasteiger partial charge in [0.25, 0.3) is 0 Å². The van der Waals surface area contributed by atoms with Crippen molar-refractivity contribution in [3.63, 3.8) is 0 Å². The first-order valence-corrected chi connectivity index (χ1v) is 15.7. The molecule has 2 aliphatic rings. The van der Waals surface area contributed by atoms with Crippen molar-refractivity contribution in [2.24, 2.45) is 5.73 Å². The summed E-state index contributed by atoms with van der Waals surface area (Å²) in [7, 11) is 11.8. The molecule has 0 atom stereocenters. The summed E-state index contributed by atoms with van der Waals surface area (Å²) in [5.41, 5.74) is 12.5. The van der Waals surface area contributed by atoms with Crippen molar-refractivity contribution >= 4 is 33.9 Å². The molecular formula is C35H50N7O3+. The molecule has 1 heterocycles. The van der Waals surface area contributed by atoms with Crippen LogP contribution in [-0.2, 0) is 4.79 Å². The van der Waals surface area contributed by atoms with Gasteiger partial charge in [0.05, 0.1) is 24.6 Å². The maximum atomic E-state index is 12.4. The molecular weight excluding hydrogens is 566 g/mol. The number of fused-ring (bicyclic) bond motifs is 2. The standard InChI is InChI=1S/C35H49N7O3/c1-8-42(19-9-10-34(43)39-18-17-38-16-15-36)30-23-31(44-7)28(22-29(30)41(5)6)35-26-13-11-24(37-2)20-32(26)45-33-21-25(40(3)4)12-14-27(33)35/h11-14,20-23,38H,8-10,15-19,36H2,1-7H3,(H,39,43)/p+1. The summed E-state index contributed by atoms with van der Waals surface area (Å²) >= 11 is 0. The van der Waals surface area contributed by atoms with Gasteiger partial charge in [0, 0.05) is 113 Å². The number of carbonyl (C=O) groups excluding carboxylic acids is 1. The van der Waals surface area contributed by atoms with E-state index < -0.39 is 0 Å². The van der Waals surface area contributed by atoms with Crippen LogP contribution < -0.4 is 46.2 Å². The SMILES string of the molecule is CCN(CCCC(=O)NCCNCCN)c1cc(OC)c(-c2c3ccc(=[N+](C)C)cc-3oc3cc(NC)ccc23)cc1N(C)C. The Morgan fingerprint density at radius 2 is 1.80 bits per heavy atom. The molecule has 2 aromatic rings. The molecule has 4 rings (SSSR count). The van der Waals surface area contributed by atoms with Crippen molar-refractivity contribution in [3.8, 4) is 28.2 Å². The molecule has 5 N–H and O–H groups in total. The summed E-state index contributed by atoms with van der Waals surface area (Å²) in [6.45, 7) is 6.34. The first-order valence-electron chi connectivity index (χ1n) is 15.7.